The maximum Gasteiger partial charge on any atom is 0.0351 e. The van der Waals surface area contributed by atoms with Gasteiger partial charge in [0.25, 0.3) is 0 Å². The highest BCUT2D eigenvalue weighted by molar-refractivity contribution is 3.92. The summed E-state index contributed by atoms with van der Waals surface area (Å²) in [5.41, 5.74) is 0. The monoisotopic (exact) mass is 135 g/mol. The van der Waals surface area contributed by atoms with Crippen molar-refractivity contribution in [3.8, 4) is 0 Å². The fraction of sp³-hybridized carbons (Fsp3) is 1.00. The number of methoxy groups -OCH3 is 1. The summed E-state index contributed by atoms with van der Waals surface area (Å²) in [6.07, 6.45) is 1.25. The van der Waals surface area contributed by atoms with Crippen molar-refractivity contribution in [2.24, 2.45) is 0 Å². The normalized spacial score (nSPS) is 6.00. The van der Waals surface area contributed by atoms with Gasteiger partial charge in [0.2, 0.25) is 0 Å². The Labute approximate surface area is 59.6 Å². The second kappa shape index (κ2) is 44.5. The number of ether oxygens (including phenoxy) is 1. The SMILES string of the molecule is CCC.CNC.COC. The second-order valence-corrected chi connectivity index (χ2v) is 1.62. The summed E-state index contributed by atoms with van der Waals surface area (Å²) in [7, 11) is 7.00. The third-order valence-electron chi connectivity index (χ3n) is 0. The van der Waals surface area contributed by atoms with Gasteiger partial charge in [0.05, 0.1) is 0 Å². The minimum absolute atomic E-state index is 1.25. The van der Waals surface area contributed by atoms with Crippen LogP contribution in [0.25, 0.3) is 0 Å². The molecule has 0 saturated heterocycles. The van der Waals surface area contributed by atoms with Crippen LogP contribution < -0.4 is 5.32 Å². The Morgan fingerprint density at radius 2 is 1.11 bits per heavy atom. The lowest BCUT2D eigenvalue weighted by atomic mass is 10.6. The molecule has 0 radical (unpaired) electrons. The molecule has 0 spiro atoms. The van der Waals surface area contributed by atoms with E-state index in [2.05, 4.69) is 23.9 Å². The minimum Gasteiger partial charge on any atom is -0.388 e. The molecule has 2 heteroatoms. The summed E-state index contributed by atoms with van der Waals surface area (Å²) in [5.74, 6) is 0. The summed E-state index contributed by atoms with van der Waals surface area (Å²) in [4.78, 5) is 0. The summed E-state index contributed by atoms with van der Waals surface area (Å²) in [6, 6.07) is 0. The van der Waals surface area contributed by atoms with E-state index in [-0.39, 0.29) is 0 Å². The number of hydrogen-bond acceptors (Lipinski definition) is 2. The molecular weight excluding hydrogens is 114 g/mol. The van der Waals surface area contributed by atoms with Crippen molar-refractivity contribution < 1.29 is 4.74 Å². The molecule has 1 N–H and O–H groups in total. The second-order valence-electron chi connectivity index (χ2n) is 1.62. The molecule has 0 amide bonds. The van der Waals surface area contributed by atoms with E-state index >= 15 is 0 Å². The molecule has 0 saturated carbocycles. The van der Waals surface area contributed by atoms with E-state index < -0.39 is 0 Å². The van der Waals surface area contributed by atoms with Crippen molar-refractivity contribution in [1.29, 1.82) is 0 Å². The van der Waals surface area contributed by atoms with Gasteiger partial charge in [-0.15, -0.1) is 0 Å². The first-order chi connectivity index (χ1) is 4.24. The van der Waals surface area contributed by atoms with Gasteiger partial charge in [-0.1, -0.05) is 20.3 Å². The van der Waals surface area contributed by atoms with Crippen LogP contribution in [0.3, 0.4) is 0 Å². The number of nitrogens with one attached hydrogen (secondary N) is 1. The lowest BCUT2D eigenvalue weighted by molar-refractivity contribution is 0.277. The zero-order valence-electron chi connectivity index (χ0n) is 7.62. The third kappa shape index (κ3) is 43400. The van der Waals surface area contributed by atoms with Gasteiger partial charge < -0.3 is 10.1 Å². The highest BCUT2D eigenvalue weighted by atomic mass is 16.4. The van der Waals surface area contributed by atoms with Gasteiger partial charge in [-0.05, 0) is 14.1 Å². The molecule has 0 aromatic carbocycles. The minimum atomic E-state index is 1.25. The van der Waals surface area contributed by atoms with E-state index in [1.165, 1.54) is 6.42 Å². The fourth-order valence-electron chi connectivity index (χ4n) is 0. The maximum atomic E-state index is 4.25. The molecule has 2 nitrogen and oxygen atoms in total. The van der Waals surface area contributed by atoms with Crippen LogP contribution in [0.4, 0.5) is 0 Å². The molecule has 0 bridgehead atoms. The summed E-state index contributed by atoms with van der Waals surface area (Å²) in [6.45, 7) is 4.25. The lowest BCUT2D eigenvalue weighted by Gasteiger charge is -1.61. The van der Waals surface area contributed by atoms with Crippen molar-refractivity contribution in [3.63, 3.8) is 0 Å². The van der Waals surface area contributed by atoms with E-state index in [0.29, 0.717) is 0 Å². The van der Waals surface area contributed by atoms with Crippen LogP contribution in [-0.4, -0.2) is 28.3 Å². The summed E-state index contributed by atoms with van der Waals surface area (Å²) in [5, 5.41) is 2.75. The van der Waals surface area contributed by atoms with E-state index in [9.17, 15) is 0 Å². The largest absolute Gasteiger partial charge is 0.388 e. The van der Waals surface area contributed by atoms with Crippen molar-refractivity contribution in [2.75, 3.05) is 28.3 Å². The Morgan fingerprint density at radius 1 is 1.11 bits per heavy atom. The molecular formula is C7H21NO. The van der Waals surface area contributed by atoms with Crippen LogP contribution >= 0.6 is 0 Å². The van der Waals surface area contributed by atoms with Gasteiger partial charge in [-0.2, -0.15) is 0 Å². The summed E-state index contributed by atoms with van der Waals surface area (Å²) >= 11 is 0. The Kier molecular flexibility index (Phi) is 78.9. The molecule has 0 aliphatic rings. The van der Waals surface area contributed by atoms with E-state index in [1.54, 1.807) is 14.2 Å². The quantitative estimate of drug-likeness (QED) is 0.543. The molecule has 60 valence electrons. The molecule has 0 aliphatic carbocycles. The van der Waals surface area contributed by atoms with Crippen LogP contribution in [-0.2, 0) is 4.74 Å². The zero-order chi connectivity index (χ0) is 8.12. The average Bonchev–Trinajstić information content (AvgIpc) is 1.70. The predicted octanol–water partition coefficient (Wildman–Crippen LogP) is 1.51. The van der Waals surface area contributed by atoms with Crippen LogP contribution in [0.2, 0.25) is 0 Å². The molecule has 9 heavy (non-hydrogen) atoms. The summed E-state index contributed by atoms with van der Waals surface area (Å²) < 4.78 is 4.25. The van der Waals surface area contributed by atoms with Crippen LogP contribution in [0, 0.1) is 0 Å². The van der Waals surface area contributed by atoms with Gasteiger partial charge in [-0.25, -0.2) is 0 Å². The molecule has 0 rings (SSSR count). The Balaban J connectivity index is -0.0000000600. The third-order valence-corrected chi connectivity index (χ3v) is 0. The zero-order valence-corrected chi connectivity index (χ0v) is 7.62. The first-order valence-corrected chi connectivity index (χ1v) is 3.23. The molecule has 0 aliphatic heterocycles. The Morgan fingerprint density at radius 3 is 1.11 bits per heavy atom. The van der Waals surface area contributed by atoms with Crippen LogP contribution in [0.1, 0.15) is 20.3 Å². The molecule has 0 aromatic heterocycles. The van der Waals surface area contributed by atoms with E-state index in [1.807, 2.05) is 14.1 Å². The van der Waals surface area contributed by atoms with Crippen molar-refractivity contribution in [3.05, 3.63) is 0 Å². The maximum absolute atomic E-state index is 4.25. The molecule has 0 atom stereocenters. The van der Waals surface area contributed by atoms with Gasteiger partial charge in [0, 0.05) is 14.2 Å². The van der Waals surface area contributed by atoms with Gasteiger partial charge in [-0.3, -0.25) is 0 Å². The van der Waals surface area contributed by atoms with Gasteiger partial charge >= 0.3 is 0 Å². The van der Waals surface area contributed by atoms with Crippen LogP contribution in [0.5, 0.6) is 0 Å². The Bertz CT molecular complexity index is 13.6. The molecule has 0 fully saturated rings. The first kappa shape index (κ1) is 16.0. The highest BCUT2D eigenvalue weighted by Crippen LogP contribution is 1.56. The number of hydrogen-bond donors (Lipinski definition) is 1. The first-order valence-electron chi connectivity index (χ1n) is 3.23. The average molecular weight is 135 g/mol. The standard InChI is InChI=1S/C3H8.C2H7N.C2H6O/c3*1-3-2/h3H2,1-2H3;3H,1-2H3;1-2H3. The fourth-order valence-corrected chi connectivity index (χ4v) is 0. The van der Waals surface area contributed by atoms with Crippen molar-refractivity contribution >= 4 is 0 Å². The topological polar surface area (TPSA) is 21.3 Å². The predicted molar refractivity (Wildman–Crippen MR) is 43.9 cm³/mol. The number of rotatable bonds is 0. The molecule has 0 unspecified atom stereocenters. The van der Waals surface area contributed by atoms with Gasteiger partial charge in [0.1, 0.15) is 0 Å². The van der Waals surface area contributed by atoms with Gasteiger partial charge in [0.15, 0.2) is 0 Å². The van der Waals surface area contributed by atoms with E-state index in [0.717, 1.165) is 0 Å². The van der Waals surface area contributed by atoms with Crippen molar-refractivity contribution in [1.82, 2.24) is 5.32 Å². The Hall–Kier alpha value is -0.0800. The van der Waals surface area contributed by atoms with Crippen LogP contribution in [0.15, 0.2) is 0 Å². The molecule has 0 heterocycles. The lowest BCUT2D eigenvalue weighted by Crippen LogP contribution is -1.89. The highest BCUT2D eigenvalue weighted by Gasteiger charge is 1.35. The smallest absolute Gasteiger partial charge is 0.0351 e. The van der Waals surface area contributed by atoms with E-state index in [4.69, 9.17) is 0 Å². The van der Waals surface area contributed by atoms with Crippen molar-refractivity contribution in [2.45, 2.75) is 20.3 Å². The molecule has 0 aromatic rings.